The minimum atomic E-state index is 0.218. The molecule has 0 fully saturated rings. The fraction of sp³-hybridized carbons (Fsp3) is 0.545. The van der Waals surface area contributed by atoms with Gasteiger partial charge in [0.25, 0.3) is 0 Å². The third-order valence-electron chi connectivity index (χ3n) is 3.02. The molecule has 0 unspecified atom stereocenters. The molecule has 6 heteroatoms. The fourth-order valence-corrected chi connectivity index (χ4v) is 1.43. The summed E-state index contributed by atoms with van der Waals surface area (Å²) < 4.78 is 0. The summed E-state index contributed by atoms with van der Waals surface area (Å²) in [5.41, 5.74) is 6.53. The molecule has 0 saturated heterocycles. The molecule has 0 aliphatic rings. The fourth-order valence-electron chi connectivity index (χ4n) is 1.43. The van der Waals surface area contributed by atoms with E-state index < -0.39 is 0 Å². The number of hydrogen-bond acceptors (Lipinski definition) is 5. The molecule has 0 atom stereocenters. The van der Waals surface area contributed by atoms with E-state index in [1.807, 2.05) is 0 Å². The topological polar surface area (TPSA) is 92.5 Å². The highest BCUT2D eigenvalue weighted by molar-refractivity contribution is 5.86. The smallest absolute Gasteiger partial charge is 0.224 e. The van der Waals surface area contributed by atoms with Crippen molar-refractivity contribution in [2.24, 2.45) is 5.41 Å². The molecule has 6 nitrogen and oxygen atoms in total. The number of anilines is 2. The summed E-state index contributed by atoms with van der Waals surface area (Å²) >= 11 is 0. The van der Waals surface area contributed by atoms with Crippen molar-refractivity contribution < 1.29 is 0 Å². The Labute approximate surface area is 100 Å². The van der Waals surface area contributed by atoms with Crippen LogP contribution in [0, 0.1) is 5.41 Å². The molecule has 0 aliphatic heterocycles. The summed E-state index contributed by atoms with van der Waals surface area (Å²) in [6.07, 6.45) is 2.80. The second kappa shape index (κ2) is 4.20. The Bertz CT molecular complexity index is 516. The zero-order chi connectivity index (χ0) is 12.5. The van der Waals surface area contributed by atoms with Crippen LogP contribution >= 0.6 is 0 Å². The number of nitrogens with two attached hydrogens (primary N) is 1. The molecule has 17 heavy (non-hydrogen) atoms. The van der Waals surface area contributed by atoms with E-state index in [-0.39, 0.29) is 11.4 Å². The zero-order valence-electron chi connectivity index (χ0n) is 10.4. The van der Waals surface area contributed by atoms with Crippen LogP contribution in [0.15, 0.2) is 6.20 Å². The van der Waals surface area contributed by atoms with Crippen LogP contribution < -0.4 is 11.1 Å². The monoisotopic (exact) mass is 234 g/mol. The summed E-state index contributed by atoms with van der Waals surface area (Å²) in [5.74, 6) is 0.987. The standard InChI is InChI=1S/C11H18N6/c1-4-11(2,3)6-13-8-7-5-14-17-9(7)16-10(12)15-8/h5H,4,6H2,1-3H3,(H4,12,13,14,15,16,17). The van der Waals surface area contributed by atoms with Gasteiger partial charge in [-0.1, -0.05) is 20.8 Å². The number of hydrogen-bond donors (Lipinski definition) is 3. The molecule has 2 rings (SSSR count). The largest absolute Gasteiger partial charge is 0.369 e. The highest BCUT2D eigenvalue weighted by Gasteiger charge is 2.16. The van der Waals surface area contributed by atoms with Crippen molar-refractivity contribution in [1.82, 2.24) is 20.2 Å². The lowest BCUT2D eigenvalue weighted by atomic mass is 9.90. The Morgan fingerprint density at radius 2 is 2.18 bits per heavy atom. The first-order chi connectivity index (χ1) is 8.02. The minimum Gasteiger partial charge on any atom is -0.369 e. The molecular weight excluding hydrogens is 216 g/mol. The van der Waals surface area contributed by atoms with Crippen LogP contribution in [0.4, 0.5) is 11.8 Å². The Hall–Kier alpha value is -1.85. The van der Waals surface area contributed by atoms with Gasteiger partial charge >= 0.3 is 0 Å². The average Bonchev–Trinajstić information content (AvgIpc) is 2.73. The zero-order valence-corrected chi connectivity index (χ0v) is 10.4. The van der Waals surface area contributed by atoms with Crippen LogP contribution in [-0.4, -0.2) is 26.7 Å². The lowest BCUT2D eigenvalue weighted by molar-refractivity contribution is 0.376. The number of H-pyrrole nitrogens is 1. The molecule has 2 aromatic rings. The van der Waals surface area contributed by atoms with E-state index in [9.17, 15) is 0 Å². The van der Waals surface area contributed by atoms with Crippen molar-refractivity contribution in [3.63, 3.8) is 0 Å². The minimum absolute atomic E-state index is 0.218. The molecule has 0 saturated carbocycles. The highest BCUT2D eigenvalue weighted by Crippen LogP contribution is 2.23. The maximum absolute atomic E-state index is 5.65. The van der Waals surface area contributed by atoms with Gasteiger partial charge in [-0.05, 0) is 11.8 Å². The predicted molar refractivity (Wildman–Crippen MR) is 68.7 cm³/mol. The number of nitrogens with zero attached hydrogens (tertiary/aromatic N) is 3. The van der Waals surface area contributed by atoms with Crippen molar-refractivity contribution in [3.05, 3.63) is 6.20 Å². The summed E-state index contributed by atoms with van der Waals surface area (Å²) in [6, 6.07) is 0. The first-order valence-electron chi connectivity index (χ1n) is 5.72. The average molecular weight is 234 g/mol. The molecular formula is C11H18N6. The van der Waals surface area contributed by atoms with E-state index in [0.29, 0.717) is 5.65 Å². The highest BCUT2D eigenvalue weighted by atomic mass is 15.2. The summed E-state index contributed by atoms with van der Waals surface area (Å²) in [5, 5.41) is 10.9. The molecule has 0 aliphatic carbocycles. The van der Waals surface area contributed by atoms with Gasteiger partial charge in [-0.15, -0.1) is 0 Å². The van der Waals surface area contributed by atoms with Gasteiger partial charge in [-0.3, -0.25) is 5.10 Å². The molecule has 92 valence electrons. The SMILES string of the molecule is CCC(C)(C)CNc1nc(N)nc2[nH]ncc12. The lowest BCUT2D eigenvalue weighted by Crippen LogP contribution is -2.22. The number of fused-ring (bicyclic) bond motifs is 1. The number of nitrogens with one attached hydrogen (secondary N) is 2. The third kappa shape index (κ3) is 2.46. The molecule has 0 bridgehead atoms. The van der Waals surface area contributed by atoms with Gasteiger partial charge in [0.2, 0.25) is 5.95 Å². The van der Waals surface area contributed by atoms with Crippen LogP contribution in [0.2, 0.25) is 0 Å². The van der Waals surface area contributed by atoms with Crippen molar-refractivity contribution >= 4 is 22.8 Å². The van der Waals surface area contributed by atoms with Crippen molar-refractivity contribution in [1.29, 1.82) is 0 Å². The van der Waals surface area contributed by atoms with E-state index in [1.54, 1.807) is 6.20 Å². The third-order valence-corrected chi connectivity index (χ3v) is 3.02. The van der Waals surface area contributed by atoms with Gasteiger partial charge in [0.05, 0.1) is 11.6 Å². The van der Waals surface area contributed by atoms with E-state index in [4.69, 9.17) is 5.73 Å². The van der Waals surface area contributed by atoms with Gasteiger partial charge in [0.15, 0.2) is 5.65 Å². The van der Waals surface area contributed by atoms with Crippen LogP contribution in [0.3, 0.4) is 0 Å². The molecule has 2 aromatic heterocycles. The maximum atomic E-state index is 5.65. The quantitative estimate of drug-likeness (QED) is 0.750. The number of aromatic amines is 1. The second-order valence-corrected chi connectivity index (χ2v) is 4.93. The Kier molecular flexibility index (Phi) is 2.87. The van der Waals surface area contributed by atoms with Crippen LogP contribution in [0.25, 0.3) is 11.0 Å². The summed E-state index contributed by atoms with van der Waals surface area (Å²) in [4.78, 5) is 8.28. The van der Waals surface area contributed by atoms with Crippen molar-refractivity contribution in [3.8, 4) is 0 Å². The van der Waals surface area contributed by atoms with E-state index in [1.165, 1.54) is 0 Å². The Morgan fingerprint density at radius 3 is 2.88 bits per heavy atom. The van der Waals surface area contributed by atoms with Gasteiger partial charge in [0.1, 0.15) is 5.82 Å². The van der Waals surface area contributed by atoms with Gasteiger partial charge in [-0.25, -0.2) is 0 Å². The Morgan fingerprint density at radius 1 is 1.41 bits per heavy atom. The van der Waals surface area contributed by atoms with Gasteiger partial charge < -0.3 is 11.1 Å². The summed E-state index contributed by atoms with van der Waals surface area (Å²) in [7, 11) is 0. The maximum Gasteiger partial charge on any atom is 0.224 e. The Balaban J connectivity index is 2.26. The molecule has 0 radical (unpaired) electrons. The van der Waals surface area contributed by atoms with Crippen molar-refractivity contribution in [2.45, 2.75) is 27.2 Å². The lowest BCUT2D eigenvalue weighted by Gasteiger charge is -2.23. The molecule has 2 heterocycles. The van der Waals surface area contributed by atoms with Crippen LogP contribution in [0.1, 0.15) is 27.2 Å². The first-order valence-corrected chi connectivity index (χ1v) is 5.72. The summed E-state index contributed by atoms with van der Waals surface area (Å²) in [6.45, 7) is 7.41. The van der Waals surface area contributed by atoms with Crippen LogP contribution in [0.5, 0.6) is 0 Å². The number of aromatic nitrogens is 4. The molecule has 4 N–H and O–H groups in total. The van der Waals surface area contributed by atoms with Gasteiger partial charge in [-0.2, -0.15) is 15.1 Å². The predicted octanol–water partition coefficient (Wildman–Crippen LogP) is 1.78. The number of rotatable bonds is 4. The van der Waals surface area contributed by atoms with Gasteiger partial charge in [0, 0.05) is 6.54 Å². The normalized spacial score (nSPS) is 11.9. The second-order valence-electron chi connectivity index (χ2n) is 4.93. The molecule has 0 aromatic carbocycles. The van der Waals surface area contributed by atoms with Crippen molar-refractivity contribution in [2.75, 3.05) is 17.6 Å². The molecule has 0 amide bonds. The van der Waals surface area contributed by atoms with E-state index in [0.717, 1.165) is 24.2 Å². The first kappa shape index (κ1) is 11.6. The number of nitrogen functional groups attached to an aromatic ring is 1. The van der Waals surface area contributed by atoms with E-state index >= 15 is 0 Å². The van der Waals surface area contributed by atoms with E-state index in [2.05, 4.69) is 46.3 Å². The van der Waals surface area contributed by atoms with Crippen LogP contribution in [-0.2, 0) is 0 Å². The molecule has 0 spiro atoms.